The Balaban J connectivity index is 0.000000810. The van der Waals surface area contributed by atoms with Crippen molar-refractivity contribution in [2.45, 2.75) is 38.5 Å². The molecule has 0 spiro atoms. The van der Waals surface area contributed by atoms with Crippen molar-refractivity contribution in [3.8, 4) is 0 Å². The van der Waals surface area contributed by atoms with Crippen LogP contribution in [0.2, 0.25) is 20.1 Å². The molecule has 0 radical (unpaired) electrons. The van der Waals surface area contributed by atoms with E-state index in [-0.39, 0.29) is 10.8 Å². The normalized spacial score (nSPS) is 18.8. The summed E-state index contributed by atoms with van der Waals surface area (Å²) in [5, 5.41) is 2.65. The Labute approximate surface area is 257 Å². The Morgan fingerprint density at radius 1 is 0.750 bits per heavy atom. The molecule has 2 aromatic rings. The third kappa shape index (κ3) is 6.96. The fourth-order valence-corrected chi connectivity index (χ4v) is 6.49. The topological polar surface area (TPSA) is 98.5 Å². The molecule has 0 unspecified atom stereocenters. The van der Waals surface area contributed by atoms with Gasteiger partial charge in [-0.25, -0.2) is 18.6 Å². The van der Waals surface area contributed by atoms with E-state index in [1.165, 1.54) is 0 Å². The van der Waals surface area contributed by atoms with Gasteiger partial charge in [0, 0.05) is 39.8 Å². The second-order valence-electron chi connectivity index (χ2n) is 10.4. The van der Waals surface area contributed by atoms with Crippen molar-refractivity contribution in [3.05, 3.63) is 104 Å². The van der Waals surface area contributed by atoms with Gasteiger partial charge in [-0.3, -0.25) is 0 Å². The number of nitrogens with zero attached hydrogens (tertiary/aromatic N) is 2. The summed E-state index contributed by atoms with van der Waals surface area (Å²) in [5.74, 6) is 0. The fraction of sp³-hybridized carbons (Fsp3) is 0.276. The van der Waals surface area contributed by atoms with Crippen LogP contribution in [0.4, 0.5) is 11.4 Å². The van der Waals surface area contributed by atoms with Crippen LogP contribution in [-0.2, 0) is 10.8 Å². The van der Waals surface area contributed by atoms with Crippen LogP contribution in [0.25, 0.3) is 0 Å². The summed E-state index contributed by atoms with van der Waals surface area (Å²) < 4.78 is 36.1. The van der Waals surface area contributed by atoms with E-state index in [4.69, 9.17) is 65.0 Å². The highest BCUT2D eigenvalue weighted by atomic mass is 35.7. The zero-order chi connectivity index (χ0) is 30.2. The summed E-state index contributed by atoms with van der Waals surface area (Å²) in [6, 6.07) is 7.61. The Hall–Kier alpha value is -1.84. The molecule has 0 bridgehead atoms. The number of halogens is 5. The maximum Gasteiger partial charge on any atom is 0.228 e. The number of anilines is 1. The van der Waals surface area contributed by atoms with Crippen molar-refractivity contribution in [1.82, 2.24) is 0 Å². The van der Waals surface area contributed by atoms with Gasteiger partial charge in [-0.05, 0) is 49.8 Å². The van der Waals surface area contributed by atoms with Crippen molar-refractivity contribution >= 4 is 63.5 Å². The van der Waals surface area contributed by atoms with Crippen LogP contribution in [0.3, 0.4) is 0 Å². The zero-order valence-electron chi connectivity index (χ0n) is 22.8. The molecular weight excluding hydrogens is 618 g/mol. The minimum atomic E-state index is -4.94. The van der Waals surface area contributed by atoms with E-state index in [0.29, 0.717) is 20.1 Å². The Kier molecular flexibility index (Phi) is 9.95. The summed E-state index contributed by atoms with van der Waals surface area (Å²) in [6.07, 6.45) is 14.4. The van der Waals surface area contributed by atoms with Crippen molar-refractivity contribution in [3.63, 3.8) is 0 Å². The van der Waals surface area contributed by atoms with Crippen molar-refractivity contribution in [2.24, 2.45) is 0 Å². The molecule has 0 atom stereocenters. The zero-order valence-corrected chi connectivity index (χ0v) is 26.5. The molecule has 0 fully saturated rings. The minimum Gasteiger partial charge on any atom is -0.346 e. The third-order valence-electron chi connectivity index (χ3n) is 7.03. The lowest BCUT2D eigenvalue weighted by molar-refractivity contribution is -2.00. The molecule has 0 aliphatic carbocycles. The largest absolute Gasteiger partial charge is 0.346 e. The van der Waals surface area contributed by atoms with Crippen LogP contribution < -0.4 is 23.5 Å². The van der Waals surface area contributed by atoms with Crippen LogP contribution in [0.15, 0.2) is 72.5 Å². The first-order valence-corrected chi connectivity index (χ1v) is 14.8. The lowest BCUT2D eigenvalue weighted by atomic mass is 9.81. The summed E-state index contributed by atoms with van der Waals surface area (Å²) in [5.41, 5.74) is 6.24. The number of rotatable bonds is 4. The maximum absolute atomic E-state index is 8.49. The molecule has 0 aromatic heterocycles. The number of fused-ring (bicyclic) bond motifs is 2. The molecule has 214 valence electrons. The number of hydrogen-bond acceptors (Lipinski definition) is 5. The molecule has 6 nitrogen and oxygen atoms in total. The van der Waals surface area contributed by atoms with Gasteiger partial charge in [0.1, 0.15) is 12.1 Å². The lowest BCUT2D eigenvalue weighted by Crippen LogP contribution is -2.68. The molecule has 11 heteroatoms. The van der Waals surface area contributed by atoms with E-state index < -0.39 is 10.2 Å². The highest BCUT2D eigenvalue weighted by Gasteiger charge is 2.44. The van der Waals surface area contributed by atoms with Gasteiger partial charge in [0.25, 0.3) is 0 Å². The van der Waals surface area contributed by atoms with Gasteiger partial charge in [-0.2, -0.15) is 4.58 Å². The van der Waals surface area contributed by atoms with E-state index in [0.717, 1.165) is 33.9 Å². The van der Waals surface area contributed by atoms with Gasteiger partial charge in [0.05, 0.1) is 16.1 Å². The maximum atomic E-state index is 8.49. The molecule has 0 saturated carbocycles. The molecule has 40 heavy (non-hydrogen) atoms. The smallest absolute Gasteiger partial charge is 0.228 e. The predicted molar refractivity (Wildman–Crippen MR) is 154 cm³/mol. The van der Waals surface area contributed by atoms with Crippen molar-refractivity contribution in [1.29, 1.82) is 0 Å². The Morgan fingerprint density at radius 2 is 1.25 bits per heavy atom. The SMILES string of the molecule is CN1C(=CC=CC=CC=CC2=[N+](C)c3c(Cl)cc(Cl)cc3C2(C)C)C(C)(C)c2cc(Cl)cc(Cl)c21.[O-][Cl+3]([O-])([O-])[O-]. The quantitative estimate of drug-likeness (QED) is 0.359. The fourth-order valence-electron chi connectivity index (χ4n) is 5.25. The van der Waals surface area contributed by atoms with E-state index >= 15 is 0 Å². The predicted octanol–water partition coefficient (Wildman–Crippen LogP) is 4.53. The summed E-state index contributed by atoms with van der Waals surface area (Å²) in [6.45, 7) is 8.76. The van der Waals surface area contributed by atoms with Gasteiger partial charge in [-0.15, -0.1) is 10.2 Å². The standard InChI is InChI=1S/C29H29Cl4N2.ClHO4/c1-28(2)20-14-18(30)16-22(32)26(20)34(5)24(28)12-10-8-7-9-11-13-25-29(3,4)21-15-19(31)17-23(33)27(21)35(25)6;2-1(3,4)5/h7-17H,1-6H3;(H,2,3,4,5)/q+1;/p-1. The molecule has 0 saturated heterocycles. The molecule has 2 aromatic carbocycles. The molecule has 2 aliphatic heterocycles. The molecular formula is C29H29Cl5N2O4. The Bertz CT molecular complexity index is 1460. The van der Waals surface area contributed by atoms with Crippen LogP contribution in [-0.4, -0.2) is 24.4 Å². The van der Waals surface area contributed by atoms with Gasteiger partial charge in [0.2, 0.25) is 5.69 Å². The van der Waals surface area contributed by atoms with Gasteiger partial charge < -0.3 is 4.90 Å². The second-order valence-corrected chi connectivity index (χ2v) is 12.8. The van der Waals surface area contributed by atoms with Crippen molar-refractivity contribution in [2.75, 3.05) is 19.0 Å². The molecule has 2 heterocycles. The van der Waals surface area contributed by atoms with E-state index in [1.807, 2.05) is 44.5 Å². The Morgan fingerprint density at radius 3 is 1.85 bits per heavy atom. The molecule has 0 amide bonds. The van der Waals surface area contributed by atoms with Gasteiger partial charge in [0.15, 0.2) is 5.71 Å². The first-order chi connectivity index (χ1) is 18.4. The molecule has 4 rings (SSSR count). The van der Waals surface area contributed by atoms with Crippen LogP contribution in [0, 0.1) is 10.2 Å². The number of allylic oxidation sites excluding steroid dienone is 8. The number of benzene rings is 2. The lowest BCUT2D eigenvalue weighted by Gasteiger charge is -2.23. The average molecular weight is 647 g/mol. The van der Waals surface area contributed by atoms with Gasteiger partial charge in [-0.1, -0.05) is 90.6 Å². The first-order valence-electron chi connectivity index (χ1n) is 12.0. The second kappa shape index (κ2) is 12.2. The molecule has 0 N–H and O–H groups in total. The van der Waals surface area contributed by atoms with E-state index in [2.05, 4.69) is 61.5 Å². The summed E-state index contributed by atoms with van der Waals surface area (Å²) >= 11 is 25.5. The first kappa shape index (κ1) is 32.7. The highest BCUT2D eigenvalue weighted by molar-refractivity contribution is 6.37. The highest BCUT2D eigenvalue weighted by Crippen LogP contribution is 2.51. The van der Waals surface area contributed by atoms with Gasteiger partial charge >= 0.3 is 0 Å². The average Bonchev–Trinajstić information content (AvgIpc) is 3.10. The van der Waals surface area contributed by atoms with E-state index in [9.17, 15) is 0 Å². The third-order valence-corrected chi connectivity index (χ3v) is 8.04. The van der Waals surface area contributed by atoms with Crippen LogP contribution in [0.5, 0.6) is 0 Å². The summed E-state index contributed by atoms with van der Waals surface area (Å²) in [4.78, 5) is 2.14. The van der Waals surface area contributed by atoms with Crippen LogP contribution in [0.1, 0.15) is 38.8 Å². The van der Waals surface area contributed by atoms with Crippen LogP contribution >= 0.6 is 46.4 Å². The number of hydrogen-bond donors (Lipinski definition) is 0. The molecule has 2 aliphatic rings. The minimum absolute atomic E-state index is 0.193. The monoisotopic (exact) mass is 644 g/mol. The van der Waals surface area contributed by atoms with Crippen molar-refractivity contribution < 1.29 is 33.5 Å². The van der Waals surface area contributed by atoms with E-state index in [1.54, 1.807) is 12.1 Å². The summed E-state index contributed by atoms with van der Waals surface area (Å²) in [7, 11) is -0.861. The number of likely N-dealkylation sites (N-methyl/N-ethyl adjacent to an activating group) is 1.